The highest BCUT2D eigenvalue weighted by Crippen LogP contribution is 2.26. The summed E-state index contributed by atoms with van der Waals surface area (Å²) in [7, 11) is 0. The first-order valence-corrected chi connectivity index (χ1v) is 5.21. The molecule has 0 amide bonds. The molecule has 0 aliphatic rings. The van der Waals surface area contributed by atoms with Crippen LogP contribution in [-0.2, 0) is 0 Å². The lowest BCUT2D eigenvalue weighted by Crippen LogP contribution is -2.42. The third-order valence-corrected chi connectivity index (χ3v) is 2.73. The van der Waals surface area contributed by atoms with Crippen LogP contribution in [0.15, 0.2) is 15.4 Å². The second-order valence-electron chi connectivity index (χ2n) is 3.24. The molecule has 0 aliphatic heterocycles. The molecule has 5 N–H and O–H groups in total. The van der Waals surface area contributed by atoms with E-state index in [0.717, 1.165) is 6.26 Å². The minimum atomic E-state index is -1.68. The van der Waals surface area contributed by atoms with Gasteiger partial charge in [0.1, 0.15) is 30.7 Å². The predicted octanol–water partition coefficient (Wildman–Crippen LogP) is -1.45. The molecule has 0 aliphatic carbocycles. The third kappa shape index (κ3) is 2.78. The molecule has 0 saturated carbocycles. The van der Waals surface area contributed by atoms with Gasteiger partial charge in [0.05, 0.1) is 12.2 Å². The first-order chi connectivity index (χ1) is 7.49. The number of aromatic nitrogens is 1. The zero-order valence-electron chi connectivity index (χ0n) is 8.06. The fraction of sp³-hybridized carbons (Fsp3) is 0.625. The van der Waals surface area contributed by atoms with Gasteiger partial charge in [-0.3, -0.25) is 0 Å². The van der Waals surface area contributed by atoms with Gasteiger partial charge in [0.15, 0.2) is 4.60 Å². The Bertz CT molecular complexity index is 332. The van der Waals surface area contributed by atoms with Gasteiger partial charge in [0.2, 0.25) is 0 Å². The molecule has 0 spiro atoms. The topological polar surface area (TPSA) is 127 Å². The van der Waals surface area contributed by atoms with Crippen molar-refractivity contribution < 1.29 is 30.1 Å². The summed E-state index contributed by atoms with van der Waals surface area (Å²) in [6, 6.07) is 0. The van der Waals surface area contributed by atoms with Gasteiger partial charge >= 0.3 is 0 Å². The highest BCUT2D eigenvalue weighted by Gasteiger charge is 2.32. The second-order valence-corrected chi connectivity index (χ2v) is 3.99. The van der Waals surface area contributed by atoms with Crippen LogP contribution < -0.4 is 0 Å². The molecule has 16 heavy (non-hydrogen) atoms. The Morgan fingerprint density at radius 1 is 1.25 bits per heavy atom. The Hall–Kier alpha value is -0.510. The highest BCUT2D eigenvalue weighted by molar-refractivity contribution is 9.10. The van der Waals surface area contributed by atoms with Gasteiger partial charge in [-0.05, 0) is 15.9 Å². The average Bonchev–Trinajstić information content (AvgIpc) is 2.71. The number of hydrogen-bond donors (Lipinski definition) is 5. The lowest BCUT2D eigenvalue weighted by molar-refractivity contribution is -0.116. The molecule has 1 rings (SSSR count). The molecule has 0 saturated heterocycles. The van der Waals surface area contributed by atoms with Crippen molar-refractivity contribution in [1.29, 1.82) is 0 Å². The van der Waals surface area contributed by atoms with Gasteiger partial charge in [-0.2, -0.15) is 0 Å². The van der Waals surface area contributed by atoms with Crippen LogP contribution in [-0.4, -0.2) is 55.6 Å². The predicted molar refractivity (Wildman–Crippen MR) is 54.3 cm³/mol. The Morgan fingerprint density at radius 3 is 2.31 bits per heavy atom. The van der Waals surface area contributed by atoms with Crippen LogP contribution in [0.5, 0.6) is 0 Å². The molecule has 8 heteroatoms. The zero-order chi connectivity index (χ0) is 12.3. The molecule has 0 radical (unpaired) electrons. The zero-order valence-corrected chi connectivity index (χ0v) is 9.65. The van der Waals surface area contributed by atoms with E-state index in [0.29, 0.717) is 0 Å². The lowest BCUT2D eigenvalue weighted by Gasteiger charge is -2.24. The van der Waals surface area contributed by atoms with Crippen LogP contribution in [0.4, 0.5) is 0 Å². The number of nitrogens with zero attached hydrogens (tertiary/aromatic N) is 1. The molecular formula is C8H12BrNO6. The maximum Gasteiger partial charge on any atom is 0.155 e. The van der Waals surface area contributed by atoms with Gasteiger partial charge in [-0.15, -0.1) is 0 Å². The summed E-state index contributed by atoms with van der Waals surface area (Å²) >= 11 is 2.97. The number of halogens is 1. The number of hydrogen-bond acceptors (Lipinski definition) is 7. The van der Waals surface area contributed by atoms with Crippen LogP contribution in [0, 0.1) is 0 Å². The van der Waals surface area contributed by atoms with E-state index < -0.39 is 31.0 Å². The van der Waals surface area contributed by atoms with E-state index in [4.69, 9.17) is 10.2 Å². The van der Waals surface area contributed by atoms with Gasteiger partial charge < -0.3 is 30.1 Å². The molecule has 0 unspecified atom stereocenters. The quantitative estimate of drug-likeness (QED) is 0.450. The monoisotopic (exact) mass is 297 g/mol. The minimum absolute atomic E-state index is 0.136. The van der Waals surface area contributed by atoms with Crippen molar-refractivity contribution in [3.8, 4) is 0 Å². The summed E-state index contributed by atoms with van der Waals surface area (Å²) in [5.41, 5.74) is 0.136. The first-order valence-electron chi connectivity index (χ1n) is 4.42. The third-order valence-electron chi connectivity index (χ3n) is 2.12. The largest absolute Gasteiger partial charge is 0.394 e. The fourth-order valence-corrected chi connectivity index (χ4v) is 1.54. The van der Waals surface area contributed by atoms with Gasteiger partial charge in [-0.1, -0.05) is 5.16 Å². The Labute approximate surface area is 99.1 Å². The van der Waals surface area contributed by atoms with E-state index in [2.05, 4.69) is 25.6 Å². The maximum absolute atomic E-state index is 9.64. The van der Waals surface area contributed by atoms with E-state index >= 15 is 0 Å². The molecule has 0 aromatic carbocycles. The van der Waals surface area contributed by atoms with Crippen molar-refractivity contribution in [3.05, 3.63) is 16.4 Å². The van der Waals surface area contributed by atoms with Gasteiger partial charge in [-0.25, -0.2) is 0 Å². The molecule has 1 aromatic heterocycles. The highest BCUT2D eigenvalue weighted by atomic mass is 79.9. The second kappa shape index (κ2) is 5.71. The van der Waals surface area contributed by atoms with E-state index in [1.165, 1.54) is 0 Å². The molecule has 92 valence electrons. The van der Waals surface area contributed by atoms with Crippen LogP contribution in [0.3, 0.4) is 0 Å². The first kappa shape index (κ1) is 13.6. The summed E-state index contributed by atoms with van der Waals surface area (Å²) < 4.78 is 4.71. The standard InChI is InChI=1S/C8H12BrNO6/c9-8-3(2-16-10-8)5(13)7(15)6(14)4(12)1-11/h2,4-7,11-15H,1H2/t4-,5+,6+,7-/m0/s1. The average molecular weight is 298 g/mol. The van der Waals surface area contributed by atoms with Crippen molar-refractivity contribution in [3.63, 3.8) is 0 Å². The van der Waals surface area contributed by atoms with Crippen LogP contribution in [0.1, 0.15) is 11.7 Å². The molecule has 1 aromatic rings. The lowest BCUT2D eigenvalue weighted by atomic mass is 10.00. The normalized spacial score (nSPS) is 19.1. The summed E-state index contributed by atoms with van der Waals surface area (Å²) in [6.45, 7) is -0.726. The van der Waals surface area contributed by atoms with E-state index in [9.17, 15) is 15.3 Å². The van der Waals surface area contributed by atoms with Crippen LogP contribution >= 0.6 is 15.9 Å². The van der Waals surface area contributed by atoms with E-state index in [1.54, 1.807) is 0 Å². The Kier molecular flexibility index (Phi) is 4.84. The molecule has 4 atom stereocenters. The number of aliphatic hydroxyl groups is 5. The van der Waals surface area contributed by atoms with Gasteiger partial charge in [0.25, 0.3) is 0 Å². The Balaban J connectivity index is 2.74. The van der Waals surface area contributed by atoms with Crippen molar-refractivity contribution in [2.24, 2.45) is 0 Å². The summed E-state index contributed by atoms with van der Waals surface area (Å²) in [5, 5.41) is 49.6. The van der Waals surface area contributed by atoms with E-state index in [1.807, 2.05) is 0 Å². The molecule has 7 nitrogen and oxygen atoms in total. The van der Waals surface area contributed by atoms with Gasteiger partial charge in [0, 0.05) is 0 Å². The minimum Gasteiger partial charge on any atom is -0.394 e. The SMILES string of the molecule is OC[C@H](O)[C@@H](O)[C@@H](O)[C@H](O)c1conc1Br. The van der Waals surface area contributed by atoms with Crippen LogP contribution in [0.25, 0.3) is 0 Å². The van der Waals surface area contributed by atoms with Crippen molar-refractivity contribution in [1.82, 2.24) is 5.16 Å². The Morgan fingerprint density at radius 2 is 1.88 bits per heavy atom. The van der Waals surface area contributed by atoms with Crippen molar-refractivity contribution >= 4 is 15.9 Å². The molecule has 0 fully saturated rings. The maximum atomic E-state index is 9.64. The molecular weight excluding hydrogens is 286 g/mol. The number of aliphatic hydroxyl groups excluding tert-OH is 5. The smallest absolute Gasteiger partial charge is 0.155 e. The summed E-state index contributed by atoms with van der Waals surface area (Å²) in [6.07, 6.45) is -5.28. The van der Waals surface area contributed by atoms with E-state index in [-0.39, 0.29) is 10.2 Å². The fourth-order valence-electron chi connectivity index (χ4n) is 1.13. The van der Waals surface area contributed by atoms with Crippen LogP contribution in [0.2, 0.25) is 0 Å². The number of rotatable bonds is 5. The summed E-state index contributed by atoms with van der Waals surface area (Å²) in [5.74, 6) is 0. The van der Waals surface area contributed by atoms with Crippen molar-refractivity contribution in [2.75, 3.05) is 6.61 Å². The molecule has 0 bridgehead atoms. The summed E-state index contributed by atoms with van der Waals surface area (Å²) in [4.78, 5) is 0. The van der Waals surface area contributed by atoms with Crippen molar-refractivity contribution in [2.45, 2.75) is 24.4 Å². The molecule has 1 heterocycles.